The van der Waals surface area contributed by atoms with E-state index in [-0.39, 0.29) is 49.3 Å². The molecule has 1 aromatic rings. The third-order valence-electron chi connectivity index (χ3n) is 5.40. The van der Waals surface area contributed by atoms with Gasteiger partial charge in [0.25, 0.3) is 0 Å². The molecule has 1 fully saturated rings. The molecule has 36 heavy (non-hydrogen) atoms. The largest absolute Gasteiger partial charge is 0.433 e. The van der Waals surface area contributed by atoms with Crippen molar-refractivity contribution < 1.29 is 46.7 Å². The Labute approximate surface area is 204 Å². The number of rotatable bonds is 9. The van der Waals surface area contributed by atoms with Gasteiger partial charge in [-0.05, 0) is 31.9 Å². The molecule has 0 aromatic heterocycles. The fourth-order valence-corrected chi connectivity index (χ4v) is 3.67. The lowest BCUT2D eigenvalue weighted by atomic mass is 9.95. The van der Waals surface area contributed by atoms with Crippen molar-refractivity contribution in [3.05, 3.63) is 46.8 Å². The second-order valence-corrected chi connectivity index (χ2v) is 9.05. The fourth-order valence-electron chi connectivity index (χ4n) is 3.67. The molecule has 2 aliphatic heterocycles. The zero-order valence-electron chi connectivity index (χ0n) is 19.6. The van der Waals surface area contributed by atoms with E-state index in [1.807, 2.05) is 0 Å². The van der Waals surface area contributed by atoms with Crippen LogP contribution in [0.4, 0.5) is 13.2 Å². The number of halogens is 3. The highest BCUT2D eigenvalue weighted by Gasteiger charge is 2.36. The molecule has 3 rings (SSSR count). The van der Waals surface area contributed by atoms with Crippen LogP contribution in [0.3, 0.4) is 0 Å². The SMILES string of the molecule is CC(C)(CC(=O)C[C@H](N)Cc1cc(F)c(F)cc1F)OC/C1=C/C(=O)ON2CCN[C@H](OC1=O)C2=O. The molecule has 2 aliphatic rings. The summed E-state index contributed by atoms with van der Waals surface area (Å²) in [4.78, 5) is 54.2. The first-order chi connectivity index (χ1) is 16.8. The van der Waals surface area contributed by atoms with Gasteiger partial charge in [0.1, 0.15) is 11.6 Å². The Hall–Kier alpha value is -3.29. The Morgan fingerprint density at radius 3 is 2.64 bits per heavy atom. The first kappa shape index (κ1) is 27.3. The Kier molecular flexibility index (Phi) is 8.48. The number of hydrogen-bond donors (Lipinski definition) is 2. The molecule has 0 saturated carbocycles. The number of ketones is 1. The Morgan fingerprint density at radius 2 is 1.92 bits per heavy atom. The normalized spacial score (nSPS) is 20.9. The minimum absolute atomic E-state index is 0.0817. The number of nitrogens with two attached hydrogens (primary N) is 1. The number of benzene rings is 1. The number of nitrogens with zero attached hydrogens (tertiary/aromatic N) is 1. The zero-order valence-corrected chi connectivity index (χ0v) is 19.6. The highest BCUT2D eigenvalue weighted by atomic mass is 19.2. The summed E-state index contributed by atoms with van der Waals surface area (Å²) < 4.78 is 51.1. The molecule has 1 amide bonds. The van der Waals surface area contributed by atoms with Gasteiger partial charge < -0.3 is 20.0 Å². The van der Waals surface area contributed by atoms with Gasteiger partial charge in [-0.2, -0.15) is 5.06 Å². The zero-order chi connectivity index (χ0) is 26.6. The number of amides is 1. The van der Waals surface area contributed by atoms with Gasteiger partial charge in [-0.3, -0.25) is 14.9 Å². The monoisotopic (exact) mass is 513 g/mol. The first-order valence-corrected chi connectivity index (χ1v) is 11.1. The van der Waals surface area contributed by atoms with Crippen LogP contribution in [0.25, 0.3) is 0 Å². The molecular weight excluding hydrogens is 487 g/mol. The van der Waals surface area contributed by atoms with Crippen LogP contribution in [-0.2, 0) is 39.9 Å². The molecule has 3 N–H and O–H groups in total. The lowest BCUT2D eigenvalue weighted by Gasteiger charge is -2.29. The van der Waals surface area contributed by atoms with Crippen molar-refractivity contribution in [3.63, 3.8) is 0 Å². The third-order valence-corrected chi connectivity index (χ3v) is 5.40. The van der Waals surface area contributed by atoms with Gasteiger partial charge >= 0.3 is 17.8 Å². The molecule has 2 atom stereocenters. The maximum atomic E-state index is 13.8. The van der Waals surface area contributed by atoms with Crippen LogP contribution in [0.2, 0.25) is 0 Å². The number of nitrogens with one attached hydrogen (secondary N) is 1. The van der Waals surface area contributed by atoms with E-state index in [9.17, 15) is 32.3 Å². The Bertz CT molecular complexity index is 1090. The molecule has 0 unspecified atom stereocenters. The molecular formula is C23H26F3N3O7. The van der Waals surface area contributed by atoms with Crippen molar-refractivity contribution >= 4 is 23.6 Å². The number of fused-ring (bicyclic) bond motifs is 2. The van der Waals surface area contributed by atoms with Crippen molar-refractivity contribution in [1.29, 1.82) is 0 Å². The average molecular weight is 513 g/mol. The summed E-state index contributed by atoms with van der Waals surface area (Å²) in [6.45, 7) is 3.02. The van der Waals surface area contributed by atoms with E-state index in [0.717, 1.165) is 11.1 Å². The lowest BCUT2D eigenvalue weighted by molar-refractivity contribution is -0.206. The van der Waals surface area contributed by atoms with E-state index in [1.54, 1.807) is 13.8 Å². The maximum Gasteiger partial charge on any atom is 0.356 e. The van der Waals surface area contributed by atoms with Crippen molar-refractivity contribution in [2.75, 3.05) is 19.7 Å². The number of hydroxylamine groups is 2. The van der Waals surface area contributed by atoms with Crippen molar-refractivity contribution in [1.82, 2.24) is 10.4 Å². The van der Waals surface area contributed by atoms with Gasteiger partial charge in [-0.25, -0.2) is 22.8 Å². The van der Waals surface area contributed by atoms with Crippen LogP contribution < -0.4 is 11.1 Å². The van der Waals surface area contributed by atoms with Gasteiger partial charge in [0.15, 0.2) is 11.6 Å². The predicted molar refractivity (Wildman–Crippen MR) is 116 cm³/mol. The summed E-state index contributed by atoms with van der Waals surface area (Å²) in [6, 6.07) is 0.249. The van der Waals surface area contributed by atoms with E-state index < -0.39 is 59.8 Å². The lowest BCUT2D eigenvalue weighted by Crippen LogP contribution is -2.56. The molecule has 0 aliphatic carbocycles. The molecule has 196 valence electrons. The number of Topliss-reactive ketones (excluding diaryl/α,β-unsaturated/α-hetero) is 1. The number of carbonyl (C=O) groups is 4. The van der Waals surface area contributed by atoms with E-state index in [0.29, 0.717) is 12.1 Å². The number of piperazine rings is 1. The van der Waals surface area contributed by atoms with E-state index >= 15 is 0 Å². The molecule has 2 heterocycles. The number of ether oxygens (including phenoxy) is 2. The first-order valence-electron chi connectivity index (χ1n) is 11.1. The van der Waals surface area contributed by atoms with Crippen LogP contribution in [0.5, 0.6) is 0 Å². The number of esters is 1. The summed E-state index contributed by atoms with van der Waals surface area (Å²) in [5.41, 5.74) is 4.40. The van der Waals surface area contributed by atoms with Crippen LogP contribution in [0.1, 0.15) is 32.3 Å². The highest BCUT2D eigenvalue weighted by molar-refractivity contribution is 5.99. The number of carbonyl (C=O) groups excluding carboxylic acids is 4. The van der Waals surface area contributed by atoms with Crippen molar-refractivity contribution in [3.8, 4) is 0 Å². The average Bonchev–Trinajstić information content (AvgIpc) is 2.78. The smallest absolute Gasteiger partial charge is 0.356 e. The molecule has 2 bridgehead atoms. The van der Waals surface area contributed by atoms with Crippen molar-refractivity contribution in [2.45, 2.75) is 51.0 Å². The fraction of sp³-hybridized carbons (Fsp3) is 0.478. The summed E-state index contributed by atoms with van der Waals surface area (Å²) in [5.74, 6) is -6.55. The van der Waals surface area contributed by atoms with Gasteiger partial charge in [-0.1, -0.05) is 0 Å². The Balaban J connectivity index is 1.56. The summed E-state index contributed by atoms with van der Waals surface area (Å²) in [5, 5.41) is 3.49. The maximum absolute atomic E-state index is 13.8. The summed E-state index contributed by atoms with van der Waals surface area (Å²) in [6.07, 6.45) is -1.03. The second-order valence-electron chi connectivity index (χ2n) is 9.05. The second kappa shape index (κ2) is 11.2. The molecule has 1 saturated heterocycles. The molecule has 13 heteroatoms. The standard InChI is InChI=1S/C23H26F3N3O7/c1-23(2,10-15(30)8-14(27)5-12-6-17(25)18(26)9-16(12)24)34-11-13-7-19(31)36-29-4-3-28-20(21(29)32)35-22(13)33/h6-7,9,14,20,28H,3-5,8,10-11,27H2,1-2H3/b13-7-/t14-,20-/m1/s1. The molecule has 0 radical (unpaired) electrons. The number of hydrogen-bond acceptors (Lipinski definition) is 9. The molecule has 0 spiro atoms. The van der Waals surface area contributed by atoms with Crippen LogP contribution in [-0.4, -0.2) is 66.3 Å². The van der Waals surface area contributed by atoms with Crippen molar-refractivity contribution in [2.24, 2.45) is 5.73 Å². The predicted octanol–water partition coefficient (Wildman–Crippen LogP) is 0.818. The van der Waals surface area contributed by atoms with Gasteiger partial charge in [-0.15, -0.1) is 0 Å². The minimum atomic E-state index is -1.32. The Morgan fingerprint density at radius 1 is 1.22 bits per heavy atom. The summed E-state index contributed by atoms with van der Waals surface area (Å²) >= 11 is 0. The molecule has 1 aromatic carbocycles. The van der Waals surface area contributed by atoms with E-state index in [2.05, 4.69) is 5.32 Å². The van der Waals surface area contributed by atoms with Gasteiger partial charge in [0, 0.05) is 37.6 Å². The third kappa shape index (κ3) is 7.12. The van der Waals surface area contributed by atoms with Gasteiger partial charge in [0.05, 0.1) is 24.3 Å². The quantitative estimate of drug-likeness (QED) is 0.363. The minimum Gasteiger partial charge on any atom is -0.433 e. The summed E-state index contributed by atoms with van der Waals surface area (Å²) in [7, 11) is 0. The van der Waals surface area contributed by atoms with Gasteiger partial charge in [0.2, 0.25) is 6.23 Å². The van der Waals surface area contributed by atoms with Crippen LogP contribution >= 0.6 is 0 Å². The van der Waals surface area contributed by atoms with E-state index in [4.69, 9.17) is 20.0 Å². The van der Waals surface area contributed by atoms with E-state index in [1.165, 1.54) is 0 Å². The molecule has 10 nitrogen and oxygen atoms in total. The van der Waals surface area contributed by atoms with Crippen LogP contribution in [0.15, 0.2) is 23.8 Å². The van der Waals surface area contributed by atoms with Crippen LogP contribution in [0, 0.1) is 17.5 Å². The highest BCUT2D eigenvalue weighted by Crippen LogP contribution is 2.21. The topological polar surface area (TPSA) is 137 Å².